The summed E-state index contributed by atoms with van der Waals surface area (Å²) in [4.78, 5) is 16.2. The summed E-state index contributed by atoms with van der Waals surface area (Å²) in [5.41, 5.74) is 0.736. The van der Waals surface area contributed by atoms with Crippen LogP contribution in [0.2, 0.25) is 0 Å². The topological polar surface area (TPSA) is 67.5 Å². The predicted octanol–water partition coefficient (Wildman–Crippen LogP) is 2.85. The SMILES string of the molecule is Cc1nc2sc(C3CCCCC3)nn2c1C(=O)O. The molecule has 6 heteroatoms. The highest BCUT2D eigenvalue weighted by molar-refractivity contribution is 7.16. The zero-order valence-corrected chi connectivity index (χ0v) is 11.0. The molecule has 0 radical (unpaired) electrons. The van der Waals surface area contributed by atoms with E-state index >= 15 is 0 Å². The Hall–Kier alpha value is -1.43. The molecular weight excluding hydrogens is 250 g/mol. The van der Waals surface area contributed by atoms with E-state index in [1.807, 2.05) is 0 Å². The van der Waals surface area contributed by atoms with Crippen LogP contribution in [0, 0.1) is 6.92 Å². The molecular formula is C12H15N3O2S. The normalized spacial score (nSPS) is 17.4. The van der Waals surface area contributed by atoms with Gasteiger partial charge in [-0.25, -0.2) is 9.78 Å². The third-order valence-electron chi connectivity index (χ3n) is 3.55. The highest BCUT2D eigenvalue weighted by atomic mass is 32.1. The molecule has 1 N–H and O–H groups in total. The van der Waals surface area contributed by atoms with Crippen molar-refractivity contribution in [3.8, 4) is 0 Å². The van der Waals surface area contributed by atoms with E-state index in [0.717, 1.165) is 17.8 Å². The molecule has 3 rings (SSSR count). The zero-order valence-electron chi connectivity index (χ0n) is 10.2. The number of hydrogen-bond acceptors (Lipinski definition) is 4. The molecule has 0 aromatic carbocycles. The highest BCUT2D eigenvalue weighted by Crippen LogP contribution is 2.35. The third kappa shape index (κ3) is 1.80. The first kappa shape index (κ1) is 11.6. The fourth-order valence-corrected chi connectivity index (χ4v) is 3.74. The second-order valence-corrected chi connectivity index (χ2v) is 5.81. The van der Waals surface area contributed by atoms with E-state index < -0.39 is 5.97 Å². The number of carbonyl (C=O) groups is 1. The van der Waals surface area contributed by atoms with Crippen LogP contribution in [0.25, 0.3) is 4.96 Å². The Morgan fingerprint density at radius 1 is 1.39 bits per heavy atom. The van der Waals surface area contributed by atoms with E-state index in [1.165, 1.54) is 35.1 Å². The Labute approximate surface area is 108 Å². The molecule has 1 aliphatic carbocycles. The molecule has 2 aromatic heterocycles. The van der Waals surface area contributed by atoms with Gasteiger partial charge in [-0.05, 0) is 19.8 Å². The predicted molar refractivity (Wildman–Crippen MR) is 68.4 cm³/mol. The van der Waals surface area contributed by atoms with Crippen molar-refractivity contribution in [1.29, 1.82) is 0 Å². The summed E-state index contributed by atoms with van der Waals surface area (Å²) in [6, 6.07) is 0. The largest absolute Gasteiger partial charge is 0.476 e. The molecule has 2 aromatic rings. The van der Waals surface area contributed by atoms with Crippen LogP contribution >= 0.6 is 11.3 Å². The maximum Gasteiger partial charge on any atom is 0.356 e. The van der Waals surface area contributed by atoms with Gasteiger partial charge in [-0.2, -0.15) is 9.61 Å². The quantitative estimate of drug-likeness (QED) is 0.906. The molecule has 0 saturated heterocycles. The molecule has 0 unspecified atom stereocenters. The van der Waals surface area contributed by atoms with Gasteiger partial charge in [0.15, 0.2) is 5.69 Å². The van der Waals surface area contributed by atoms with E-state index in [1.54, 1.807) is 6.92 Å². The fourth-order valence-electron chi connectivity index (χ4n) is 2.62. The van der Waals surface area contributed by atoms with Crippen LogP contribution in [-0.4, -0.2) is 25.7 Å². The molecule has 1 fully saturated rings. The Balaban J connectivity index is 2.03. The monoisotopic (exact) mass is 265 g/mol. The van der Waals surface area contributed by atoms with Crippen molar-refractivity contribution in [2.45, 2.75) is 44.9 Å². The van der Waals surface area contributed by atoms with Crippen molar-refractivity contribution in [3.63, 3.8) is 0 Å². The Bertz CT molecular complexity index is 596. The third-order valence-corrected chi connectivity index (χ3v) is 4.62. The smallest absolute Gasteiger partial charge is 0.356 e. The second-order valence-electron chi connectivity index (χ2n) is 4.82. The number of imidazole rings is 1. The fraction of sp³-hybridized carbons (Fsp3) is 0.583. The van der Waals surface area contributed by atoms with Gasteiger partial charge in [0, 0.05) is 5.92 Å². The zero-order chi connectivity index (χ0) is 12.7. The molecule has 1 saturated carbocycles. The molecule has 96 valence electrons. The molecule has 1 aliphatic rings. The van der Waals surface area contributed by atoms with Crippen molar-refractivity contribution >= 4 is 22.3 Å². The van der Waals surface area contributed by atoms with Crippen molar-refractivity contribution < 1.29 is 9.90 Å². The number of nitrogens with zero attached hydrogens (tertiary/aromatic N) is 3. The van der Waals surface area contributed by atoms with Gasteiger partial charge in [-0.1, -0.05) is 30.6 Å². The van der Waals surface area contributed by atoms with Crippen molar-refractivity contribution in [2.75, 3.05) is 0 Å². The molecule has 18 heavy (non-hydrogen) atoms. The lowest BCUT2D eigenvalue weighted by Gasteiger charge is -2.18. The van der Waals surface area contributed by atoms with E-state index in [9.17, 15) is 9.90 Å². The number of aromatic carboxylic acids is 1. The number of aryl methyl sites for hydroxylation is 1. The molecule has 0 bridgehead atoms. The summed E-state index contributed by atoms with van der Waals surface area (Å²) in [6.45, 7) is 1.71. The van der Waals surface area contributed by atoms with E-state index in [2.05, 4.69) is 10.1 Å². The van der Waals surface area contributed by atoms with Gasteiger partial charge in [-0.15, -0.1) is 0 Å². The van der Waals surface area contributed by atoms with Gasteiger partial charge in [-0.3, -0.25) is 0 Å². The van der Waals surface area contributed by atoms with Crippen LogP contribution in [0.4, 0.5) is 0 Å². The lowest BCUT2D eigenvalue weighted by molar-refractivity contribution is 0.0687. The highest BCUT2D eigenvalue weighted by Gasteiger charge is 2.23. The summed E-state index contributed by atoms with van der Waals surface area (Å²) in [5, 5.41) is 14.7. The first-order chi connectivity index (χ1) is 8.66. The van der Waals surface area contributed by atoms with Crippen molar-refractivity contribution in [2.24, 2.45) is 0 Å². The molecule has 2 heterocycles. The number of rotatable bonds is 2. The standard InChI is InChI=1S/C12H15N3O2S/c1-7-9(11(16)17)15-12(13-7)18-10(14-15)8-5-3-2-4-6-8/h8H,2-6H2,1H3,(H,16,17). The molecule has 0 amide bonds. The number of carboxylic acid groups (broad SMARTS) is 1. The van der Waals surface area contributed by atoms with Crippen LogP contribution in [0.3, 0.4) is 0 Å². The molecule has 0 atom stereocenters. The maximum absolute atomic E-state index is 11.2. The first-order valence-corrected chi connectivity index (χ1v) is 7.08. The minimum absolute atomic E-state index is 0.198. The van der Waals surface area contributed by atoms with Crippen LogP contribution in [0.1, 0.15) is 59.2 Å². The number of fused-ring (bicyclic) bond motifs is 1. The van der Waals surface area contributed by atoms with Gasteiger partial charge in [0.25, 0.3) is 0 Å². The maximum atomic E-state index is 11.2. The van der Waals surface area contributed by atoms with Crippen molar-refractivity contribution in [3.05, 3.63) is 16.4 Å². The van der Waals surface area contributed by atoms with Crippen LogP contribution < -0.4 is 0 Å². The van der Waals surface area contributed by atoms with Gasteiger partial charge >= 0.3 is 5.97 Å². The molecule has 5 nitrogen and oxygen atoms in total. The Kier molecular flexibility index (Phi) is 2.81. The van der Waals surface area contributed by atoms with Crippen molar-refractivity contribution in [1.82, 2.24) is 14.6 Å². The van der Waals surface area contributed by atoms with E-state index in [4.69, 9.17) is 0 Å². The average molecular weight is 265 g/mol. The number of hydrogen-bond donors (Lipinski definition) is 1. The van der Waals surface area contributed by atoms with Crippen LogP contribution in [0.5, 0.6) is 0 Å². The average Bonchev–Trinajstić information content (AvgIpc) is 2.85. The minimum Gasteiger partial charge on any atom is -0.476 e. The summed E-state index contributed by atoms with van der Waals surface area (Å²) >= 11 is 1.53. The summed E-state index contributed by atoms with van der Waals surface area (Å²) < 4.78 is 1.49. The summed E-state index contributed by atoms with van der Waals surface area (Å²) in [7, 11) is 0. The van der Waals surface area contributed by atoms with Gasteiger partial charge < -0.3 is 5.11 Å². The minimum atomic E-state index is -0.958. The number of aromatic nitrogens is 3. The lowest BCUT2D eigenvalue weighted by Crippen LogP contribution is -2.07. The van der Waals surface area contributed by atoms with E-state index in [0.29, 0.717) is 16.6 Å². The Morgan fingerprint density at radius 2 is 2.11 bits per heavy atom. The summed E-state index contributed by atoms with van der Waals surface area (Å²) in [5.74, 6) is -0.465. The van der Waals surface area contributed by atoms with Crippen LogP contribution in [0.15, 0.2) is 0 Å². The van der Waals surface area contributed by atoms with Gasteiger partial charge in [0.05, 0.1) is 5.69 Å². The summed E-state index contributed by atoms with van der Waals surface area (Å²) in [6.07, 6.45) is 6.13. The molecule has 0 spiro atoms. The second kappa shape index (κ2) is 4.35. The Morgan fingerprint density at radius 3 is 2.78 bits per heavy atom. The van der Waals surface area contributed by atoms with Gasteiger partial charge in [0.2, 0.25) is 4.96 Å². The molecule has 0 aliphatic heterocycles. The first-order valence-electron chi connectivity index (χ1n) is 6.26. The van der Waals surface area contributed by atoms with Crippen LogP contribution in [-0.2, 0) is 0 Å². The lowest BCUT2D eigenvalue weighted by atomic mass is 9.90. The van der Waals surface area contributed by atoms with E-state index in [-0.39, 0.29) is 5.69 Å². The number of carboxylic acids is 1. The van der Waals surface area contributed by atoms with Gasteiger partial charge in [0.1, 0.15) is 5.01 Å².